The minimum Gasteiger partial charge on any atom is -0.468 e. The van der Waals surface area contributed by atoms with Gasteiger partial charge in [-0.1, -0.05) is 0 Å². The van der Waals surface area contributed by atoms with Gasteiger partial charge in [-0.2, -0.15) is 4.31 Å². The maximum atomic E-state index is 12.6. The van der Waals surface area contributed by atoms with Crippen LogP contribution < -0.4 is 0 Å². The molecule has 2 saturated heterocycles. The van der Waals surface area contributed by atoms with Gasteiger partial charge in [-0.25, -0.2) is 8.42 Å². The van der Waals surface area contributed by atoms with E-state index in [9.17, 15) is 13.2 Å². The maximum absolute atomic E-state index is 12.6. The lowest BCUT2D eigenvalue weighted by Gasteiger charge is -2.36. The summed E-state index contributed by atoms with van der Waals surface area (Å²) in [4.78, 5) is 11.8. The van der Waals surface area contributed by atoms with Crippen molar-refractivity contribution in [1.29, 1.82) is 0 Å². The molecule has 0 aliphatic carbocycles. The van der Waals surface area contributed by atoms with Gasteiger partial charge >= 0.3 is 5.97 Å². The summed E-state index contributed by atoms with van der Waals surface area (Å²) < 4.78 is 36.6. The molecule has 6 nitrogen and oxygen atoms in total. The quantitative estimate of drug-likeness (QED) is 0.709. The molecule has 0 spiro atoms. The zero-order valence-electron chi connectivity index (χ0n) is 11.2. The highest BCUT2D eigenvalue weighted by Crippen LogP contribution is 2.27. The first kappa shape index (κ1) is 14.7. The molecule has 2 aliphatic heterocycles. The molecule has 19 heavy (non-hydrogen) atoms. The first-order valence-electron chi connectivity index (χ1n) is 6.73. The molecule has 7 heteroatoms. The Hall–Kier alpha value is -0.660. The number of ether oxygens (including phenoxy) is 2. The number of carbonyl (C=O) groups is 1. The predicted octanol–water partition coefficient (Wildman–Crippen LogP) is 0.523. The Morgan fingerprint density at radius 2 is 1.89 bits per heavy atom. The Morgan fingerprint density at radius 1 is 1.21 bits per heavy atom. The van der Waals surface area contributed by atoms with Crippen molar-refractivity contribution < 1.29 is 22.7 Å². The largest absolute Gasteiger partial charge is 0.468 e. The van der Waals surface area contributed by atoms with Crippen LogP contribution >= 0.6 is 0 Å². The van der Waals surface area contributed by atoms with Crippen molar-refractivity contribution in [3.05, 3.63) is 0 Å². The van der Waals surface area contributed by atoms with Gasteiger partial charge in [0.15, 0.2) is 0 Å². The Bertz CT molecular complexity index is 416. The molecule has 2 heterocycles. The fraction of sp³-hybridized carbons (Fsp3) is 0.917. The fourth-order valence-corrected chi connectivity index (χ4v) is 4.85. The van der Waals surface area contributed by atoms with E-state index in [0.717, 1.165) is 12.8 Å². The summed E-state index contributed by atoms with van der Waals surface area (Å²) in [5.74, 6) is -0.449. The summed E-state index contributed by atoms with van der Waals surface area (Å²) in [6, 6.07) is -0.647. The van der Waals surface area contributed by atoms with Crippen molar-refractivity contribution in [2.24, 2.45) is 0 Å². The lowest BCUT2D eigenvalue weighted by atomic mass is 10.1. The third kappa shape index (κ3) is 3.09. The number of methoxy groups -OCH3 is 1. The lowest BCUT2D eigenvalue weighted by Crippen LogP contribution is -2.52. The van der Waals surface area contributed by atoms with Crippen molar-refractivity contribution in [1.82, 2.24) is 4.31 Å². The number of esters is 1. The number of nitrogens with zero attached hydrogens (tertiary/aromatic N) is 1. The number of hydrogen-bond donors (Lipinski definition) is 0. The van der Waals surface area contributed by atoms with Gasteiger partial charge in [-0.15, -0.1) is 0 Å². The molecule has 0 bridgehead atoms. The van der Waals surface area contributed by atoms with E-state index in [-0.39, 0.29) is 0 Å². The molecule has 2 rings (SSSR count). The summed E-state index contributed by atoms with van der Waals surface area (Å²) in [7, 11) is -2.14. The van der Waals surface area contributed by atoms with Crippen molar-refractivity contribution in [3.8, 4) is 0 Å². The predicted molar refractivity (Wildman–Crippen MR) is 69.1 cm³/mol. The second kappa shape index (κ2) is 6.19. The van der Waals surface area contributed by atoms with Gasteiger partial charge in [0.25, 0.3) is 0 Å². The van der Waals surface area contributed by atoms with Gasteiger partial charge in [0.05, 0.1) is 12.4 Å². The molecule has 1 unspecified atom stereocenters. The van der Waals surface area contributed by atoms with Crippen LogP contribution in [0.25, 0.3) is 0 Å². The van der Waals surface area contributed by atoms with E-state index < -0.39 is 27.3 Å². The average Bonchev–Trinajstić information content (AvgIpc) is 2.47. The van der Waals surface area contributed by atoms with E-state index in [0.29, 0.717) is 39.0 Å². The monoisotopic (exact) mass is 291 g/mol. The Kier molecular flexibility index (Phi) is 4.81. The molecule has 110 valence electrons. The van der Waals surface area contributed by atoms with Crippen molar-refractivity contribution in [3.63, 3.8) is 0 Å². The Morgan fingerprint density at radius 3 is 2.53 bits per heavy atom. The normalized spacial score (nSPS) is 27.1. The first-order valence-corrected chi connectivity index (χ1v) is 8.24. The zero-order valence-corrected chi connectivity index (χ0v) is 12.0. The highest BCUT2D eigenvalue weighted by atomic mass is 32.2. The van der Waals surface area contributed by atoms with E-state index in [1.54, 1.807) is 0 Å². The minimum absolute atomic E-state index is 0.416. The second-order valence-corrected chi connectivity index (χ2v) is 7.17. The van der Waals surface area contributed by atoms with Crippen LogP contribution in [0.4, 0.5) is 0 Å². The first-order chi connectivity index (χ1) is 9.07. The summed E-state index contributed by atoms with van der Waals surface area (Å²) in [5, 5.41) is -0.425. The number of carbonyl (C=O) groups excluding carboxylic acids is 1. The Labute approximate surface area is 114 Å². The van der Waals surface area contributed by atoms with Crippen LogP contribution in [0.5, 0.6) is 0 Å². The van der Waals surface area contributed by atoms with E-state index in [1.165, 1.54) is 11.4 Å². The van der Waals surface area contributed by atoms with E-state index >= 15 is 0 Å². The maximum Gasteiger partial charge on any atom is 0.324 e. The molecule has 0 amide bonds. The van der Waals surface area contributed by atoms with Crippen LogP contribution in [0.15, 0.2) is 0 Å². The van der Waals surface area contributed by atoms with Gasteiger partial charge < -0.3 is 9.47 Å². The van der Waals surface area contributed by atoms with Crippen LogP contribution in [0, 0.1) is 0 Å². The highest BCUT2D eigenvalue weighted by Gasteiger charge is 2.41. The third-order valence-electron chi connectivity index (χ3n) is 3.84. The third-order valence-corrected chi connectivity index (χ3v) is 6.25. The average molecular weight is 291 g/mol. The fourth-order valence-electron chi connectivity index (χ4n) is 2.75. The molecule has 2 aliphatic rings. The number of sulfonamides is 1. The van der Waals surface area contributed by atoms with Gasteiger partial charge in [0, 0.05) is 19.8 Å². The summed E-state index contributed by atoms with van der Waals surface area (Å²) >= 11 is 0. The molecule has 0 aromatic carbocycles. The zero-order chi connectivity index (χ0) is 13.9. The molecule has 0 radical (unpaired) electrons. The minimum atomic E-state index is -3.44. The second-order valence-electron chi connectivity index (χ2n) is 5.00. The van der Waals surface area contributed by atoms with E-state index in [4.69, 9.17) is 9.47 Å². The van der Waals surface area contributed by atoms with Crippen molar-refractivity contribution >= 4 is 16.0 Å². The molecule has 2 fully saturated rings. The van der Waals surface area contributed by atoms with Crippen LogP contribution in [-0.4, -0.2) is 56.9 Å². The molecule has 0 aromatic rings. The van der Waals surface area contributed by atoms with Crippen LogP contribution in [0.1, 0.15) is 32.1 Å². The summed E-state index contributed by atoms with van der Waals surface area (Å²) in [6.45, 7) is 1.36. The van der Waals surface area contributed by atoms with E-state index in [1.807, 2.05) is 0 Å². The molecule has 1 atom stereocenters. The van der Waals surface area contributed by atoms with Gasteiger partial charge in [-0.05, 0) is 32.1 Å². The smallest absolute Gasteiger partial charge is 0.324 e. The molecule has 0 saturated carbocycles. The van der Waals surface area contributed by atoms with Crippen LogP contribution in [0.3, 0.4) is 0 Å². The number of rotatable bonds is 3. The van der Waals surface area contributed by atoms with Gasteiger partial charge in [0.1, 0.15) is 6.04 Å². The Balaban J connectivity index is 2.18. The van der Waals surface area contributed by atoms with E-state index in [2.05, 4.69) is 0 Å². The summed E-state index contributed by atoms with van der Waals surface area (Å²) in [6.07, 6.45) is 3.23. The SMILES string of the molecule is COC(=O)C1CCCCN1S(=O)(=O)C1CCOCC1. The topological polar surface area (TPSA) is 72.9 Å². The molecule has 0 N–H and O–H groups in total. The van der Waals surface area contributed by atoms with Crippen molar-refractivity contribution in [2.45, 2.75) is 43.4 Å². The van der Waals surface area contributed by atoms with Crippen LogP contribution in [0.2, 0.25) is 0 Å². The van der Waals surface area contributed by atoms with Crippen molar-refractivity contribution in [2.75, 3.05) is 26.9 Å². The standard InChI is InChI=1S/C12H21NO5S/c1-17-12(14)11-4-2-3-7-13(11)19(15,16)10-5-8-18-9-6-10/h10-11H,2-9H2,1H3. The lowest BCUT2D eigenvalue weighted by molar-refractivity contribution is -0.146. The highest BCUT2D eigenvalue weighted by molar-refractivity contribution is 7.89. The number of hydrogen-bond acceptors (Lipinski definition) is 5. The molecular weight excluding hydrogens is 270 g/mol. The molecular formula is C12H21NO5S. The summed E-state index contributed by atoms with van der Waals surface area (Å²) in [5.41, 5.74) is 0. The molecule has 0 aromatic heterocycles. The number of piperidine rings is 1. The van der Waals surface area contributed by atoms with Crippen LogP contribution in [-0.2, 0) is 24.3 Å². The van der Waals surface area contributed by atoms with Gasteiger partial charge in [0.2, 0.25) is 10.0 Å². The van der Waals surface area contributed by atoms with Gasteiger partial charge in [-0.3, -0.25) is 4.79 Å².